The summed E-state index contributed by atoms with van der Waals surface area (Å²) >= 11 is 0. The Morgan fingerprint density at radius 1 is 0.267 bits per heavy atom. The molecule has 12 aromatic rings. The number of rotatable bonds is 6. The topological polar surface area (TPSA) is 48.5 Å². The third-order valence-electron chi connectivity index (χ3n) is 11.7. The normalized spacial score (nSPS) is 11.7. The van der Waals surface area contributed by atoms with Gasteiger partial charge in [0, 0.05) is 49.6 Å². The minimum atomic E-state index is 0.634. The predicted octanol–water partition coefficient (Wildman–Crippen LogP) is 13.9. The standard InChI is InChI=1S/C55H35N5/c1-4-16-36(17-5-1)38-20-14-22-40(32-38)54-56-53(37-18-6-2-7-19-37)57-55(58-54)46-27-15-21-39-33-42(30-31-43(39)46)60-50-29-13-11-26-45(50)48-34-47-44-25-10-12-28-49(44)59(51(47)35-52(48)60)41-23-8-3-9-24-41/h1-35H. The van der Waals surface area contributed by atoms with Crippen molar-refractivity contribution >= 4 is 54.4 Å². The first-order valence-electron chi connectivity index (χ1n) is 20.3. The molecule has 0 aliphatic rings. The fourth-order valence-electron chi connectivity index (χ4n) is 8.98. The van der Waals surface area contributed by atoms with Crippen molar-refractivity contribution < 1.29 is 0 Å². The van der Waals surface area contributed by atoms with Crippen molar-refractivity contribution in [3.63, 3.8) is 0 Å². The SMILES string of the molecule is c1ccc(-c2cccc(-c3nc(-c4ccccc4)nc(-c4cccc5cc(-n6c7ccccc7c7cc8c9ccccc9n(-c9ccccc9)c8cc76)ccc45)n3)c2)cc1. The first-order chi connectivity index (χ1) is 29.7. The van der Waals surface area contributed by atoms with Crippen molar-refractivity contribution in [2.24, 2.45) is 0 Å². The van der Waals surface area contributed by atoms with Crippen LogP contribution in [0.15, 0.2) is 212 Å². The van der Waals surface area contributed by atoms with Gasteiger partial charge in [0.05, 0.1) is 22.1 Å². The highest BCUT2D eigenvalue weighted by molar-refractivity contribution is 6.19. The maximum absolute atomic E-state index is 5.19. The summed E-state index contributed by atoms with van der Waals surface area (Å²) in [6, 6.07) is 75.1. The zero-order valence-electron chi connectivity index (χ0n) is 32.4. The number of nitrogens with zero attached hydrogens (tertiary/aromatic N) is 5. The Morgan fingerprint density at radius 3 is 1.50 bits per heavy atom. The molecule has 3 heterocycles. The monoisotopic (exact) mass is 765 g/mol. The summed E-state index contributed by atoms with van der Waals surface area (Å²) in [6.07, 6.45) is 0. The number of hydrogen-bond donors (Lipinski definition) is 0. The second-order valence-corrected chi connectivity index (χ2v) is 15.3. The van der Waals surface area contributed by atoms with Crippen LogP contribution in [-0.2, 0) is 0 Å². The van der Waals surface area contributed by atoms with E-state index in [-0.39, 0.29) is 0 Å². The van der Waals surface area contributed by atoms with Gasteiger partial charge in [0.1, 0.15) is 0 Å². The van der Waals surface area contributed by atoms with Crippen LogP contribution in [0.5, 0.6) is 0 Å². The fourth-order valence-corrected chi connectivity index (χ4v) is 8.98. The Bertz CT molecular complexity index is 3590. The van der Waals surface area contributed by atoms with Crippen molar-refractivity contribution in [2.45, 2.75) is 0 Å². The molecule has 0 aliphatic carbocycles. The zero-order valence-corrected chi connectivity index (χ0v) is 32.4. The minimum Gasteiger partial charge on any atom is -0.309 e. The lowest BCUT2D eigenvalue weighted by Crippen LogP contribution is -2.01. The zero-order chi connectivity index (χ0) is 39.6. The van der Waals surface area contributed by atoms with Gasteiger partial charge >= 0.3 is 0 Å². The molecule has 5 nitrogen and oxygen atoms in total. The van der Waals surface area contributed by atoms with Gasteiger partial charge in [0.2, 0.25) is 0 Å². The lowest BCUT2D eigenvalue weighted by Gasteiger charge is -2.13. The van der Waals surface area contributed by atoms with E-state index >= 15 is 0 Å². The van der Waals surface area contributed by atoms with Crippen LogP contribution < -0.4 is 0 Å². The molecule has 0 unspecified atom stereocenters. The second-order valence-electron chi connectivity index (χ2n) is 15.3. The van der Waals surface area contributed by atoms with Gasteiger partial charge in [-0.05, 0) is 76.5 Å². The molecule has 12 rings (SSSR count). The molecule has 60 heavy (non-hydrogen) atoms. The van der Waals surface area contributed by atoms with Crippen molar-refractivity contribution in [3.05, 3.63) is 212 Å². The van der Waals surface area contributed by atoms with Gasteiger partial charge in [-0.2, -0.15) is 0 Å². The van der Waals surface area contributed by atoms with Gasteiger partial charge in [-0.25, -0.2) is 15.0 Å². The summed E-state index contributed by atoms with van der Waals surface area (Å²) in [7, 11) is 0. The van der Waals surface area contributed by atoms with Crippen LogP contribution in [0.1, 0.15) is 0 Å². The smallest absolute Gasteiger partial charge is 0.164 e. The Hall–Kier alpha value is -8.15. The largest absolute Gasteiger partial charge is 0.309 e. The number of fused-ring (bicyclic) bond motifs is 7. The molecule has 3 aromatic heterocycles. The summed E-state index contributed by atoms with van der Waals surface area (Å²) in [6.45, 7) is 0. The van der Waals surface area contributed by atoms with Crippen molar-refractivity contribution in [2.75, 3.05) is 0 Å². The summed E-state index contributed by atoms with van der Waals surface area (Å²) < 4.78 is 4.81. The number of hydrogen-bond acceptors (Lipinski definition) is 3. The van der Waals surface area contributed by atoms with Gasteiger partial charge in [0.15, 0.2) is 17.5 Å². The van der Waals surface area contributed by atoms with Gasteiger partial charge in [-0.3, -0.25) is 0 Å². The van der Waals surface area contributed by atoms with Gasteiger partial charge in [-0.15, -0.1) is 0 Å². The van der Waals surface area contributed by atoms with E-state index in [2.05, 4.69) is 197 Å². The molecular weight excluding hydrogens is 731 g/mol. The minimum absolute atomic E-state index is 0.634. The predicted molar refractivity (Wildman–Crippen MR) is 248 cm³/mol. The fraction of sp³-hybridized carbons (Fsp3) is 0. The number of aromatic nitrogens is 5. The van der Waals surface area contributed by atoms with Gasteiger partial charge < -0.3 is 9.13 Å². The van der Waals surface area contributed by atoms with Crippen LogP contribution in [0.2, 0.25) is 0 Å². The Labute approximate surface area is 346 Å². The van der Waals surface area contributed by atoms with E-state index in [0.717, 1.165) is 55.5 Å². The first-order valence-corrected chi connectivity index (χ1v) is 20.3. The molecule has 0 atom stereocenters. The number of para-hydroxylation sites is 3. The van der Waals surface area contributed by atoms with E-state index in [9.17, 15) is 0 Å². The quantitative estimate of drug-likeness (QED) is 0.169. The molecule has 0 amide bonds. The van der Waals surface area contributed by atoms with Crippen LogP contribution >= 0.6 is 0 Å². The molecule has 0 bridgehead atoms. The molecule has 0 spiro atoms. The van der Waals surface area contributed by atoms with E-state index < -0.39 is 0 Å². The van der Waals surface area contributed by atoms with E-state index in [4.69, 9.17) is 15.0 Å². The average molecular weight is 766 g/mol. The molecule has 0 saturated carbocycles. The Kier molecular flexibility index (Phi) is 7.78. The van der Waals surface area contributed by atoms with Crippen LogP contribution in [0, 0.1) is 0 Å². The Morgan fingerprint density at radius 2 is 0.800 bits per heavy atom. The molecule has 280 valence electrons. The van der Waals surface area contributed by atoms with Crippen molar-refractivity contribution in [1.82, 2.24) is 24.1 Å². The summed E-state index contributed by atoms with van der Waals surface area (Å²) in [5, 5.41) is 7.11. The maximum atomic E-state index is 5.19. The van der Waals surface area contributed by atoms with Crippen molar-refractivity contribution in [1.29, 1.82) is 0 Å². The molecule has 0 aliphatic heterocycles. The van der Waals surface area contributed by atoms with Crippen LogP contribution in [0.25, 0.3) is 111 Å². The second kappa shape index (κ2) is 13.8. The van der Waals surface area contributed by atoms with Gasteiger partial charge in [0.25, 0.3) is 0 Å². The third kappa shape index (κ3) is 5.52. The van der Waals surface area contributed by atoms with E-state index in [1.807, 2.05) is 24.3 Å². The summed E-state index contributed by atoms with van der Waals surface area (Å²) in [5.41, 5.74) is 12.0. The molecular formula is C55H35N5. The third-order valence-corrected chi connectivity index (χ3v) is 11.7. The van der Waals surface area contributed by atoms with E-state index in [0.29, 0.717) is 17.5 Å². The lowest BCUT2D eigenvalue weighted by atomic mass is 10.0. The van der Waals surface area contributed by atoms with Crippen LogP contribution in [-0.4, -0.2) is 24.1 Å². The summed E-state index contributed by atoms with van der Waals surface area (Å²) in [4.78, 5) is 15.4. The highest BCUT2D eigenvalue weighted by Crippen LogP contribution is 2.40. The maximum Gasteiger partial charge on any atom is 0.164 e. The highest BCUT2D eigenvalue weighted by Gasteiger charge is 2.20. The van der Waals surface area contributed by atoms with Gasteiger partial charge in [-0.1, -0.05) is 158 Å². The molecule has 0 radical (unpaired) electrons. The van der Waals surface area contributed by atoms with Crippen LogP contribution in [0.3, 0.4) is 0 Å². The highest BCUT2D eigenvalue weighted by atomic mass is 15.0. The molecule has 0 fully saturated rings. The molecule has 0 N–H and O–H groups in total. The average Bonchev–Trinajstić information content (AvgIpc) is 3.83. The molecule has 0 saturated heterocycles. The van der Waals surface area contributed by atoms with E-state index in [1.165, 1.54) is 38.1 Å². The van der Waals surface area contributed by atoms with E-state index in [1.54, 1.807) is 0 Å². The Balaban J connectivity index is 1.05. The first kappa shape index (κ1) is 33.9. The number of benzene rings is 9. The lowest BCUT2D eigenvalue weighted by molar-refractivity contribution is 1.08. The van der Waals surface area contributed by atoms with Crippen molar-refractivity contribution in [3.8, 4) is 56.7 Å². The molecule has 5 heteroatoms. The molecule has 9 aromatic carbocycles. The van der Waals surface area contributed by atoms with Crippen LogP contribution in [0.4, 0.5) is 0 Å². The summed E-state index contributed by atoms with van der Waals surface area (Å²) in [5.74, 6) is 1.91.